The maximum absolute atomic E-state index is 14.3. The molecule has 0 bridgehead atoms. The number of nitrogens with zero attached hydrogens (tertiary/aromatic N) is 3. The maximum atomic E-state index is 14.3. The molecule has 1 aliphatic rings. The first-order valence-corrected chi connectivity index (χ1v) is 16.1. The minimum Gasteiger partial charge on any atom is -0.490 e. The number of urea groups is 1. The third kappa shape index (κ3) is 9.54. The molecule has 3 amide bonds. The van der Waals surface area contributed by atoms with E-state index in [0.717, 1.165) is 25.8 Å². The Bertz CT molecular complexity index is 1410. The molecule has 3 N–H and O–H groups in total. The van der Waals surface area contributed by atoms with Gasteiger partial charge in [-0.15, -0.1) is 0 Å². The average molecular weight is 636 g/mol. The molecule has 0 spiro atoms. The van der Waals surface area contributed by atoms with Gasteiger partial charge < -0.3 is 34.6 Å². The van der Waals surface area contributed by atoms with Gasteiger partial charge in [0.2, 0.25) is 0 Å². The second-order valence-electron chi connectivity index (χ2n) is 12.5. The number of likely N-dealkylation sites (N-methyl/N-ethyl adjacent to an activating group) is 1. The fourth-order valence-electron chi connectivity index (χ4n) is 5.67. The van der Waals surface area contributed by atoms with Crippen LogP contribution in [-0.4, -0.2) is 83.6 Å². The van der Waals surface area contributed by atoms with E-state index in [9.17, 15) is 14.7 Å². The molecule has 11 nitrogen and oxygen atoms in total. The topological polar surface area (TPSA) is 129 Å². The van der Waals surface area contributed by atoms with Crippen molar-refractivity contribution in [3.05, 3.63) is 71.1 Å². The Morgan fingerprint density at radius 2 is 1.89 bits per heavy atom. The van der Waals surface area contributed by atoms with Gasteiger partial charge in [0.15, 0.2) is 5.76 Å². The maximum Gasteiger partial charge on any atom is 0.323 e. The molecule has 0 radical (unpaired) electrons. The van der Waals surface area contributed by atoms with Crippen molar-refractivity contribution in [3.63, 3.8) is 0 Å². The van der Waals surface area contributed by atoms with Crippen molar-refractivity contribution in [3.8, 4) is 5.75 Å². The number of nitrogens with one attached hydrogen (secondary N) is 2. The van der Waals surface area contributed by atoms with Crippen LogP contribution in [0.2, 0.25) is 0 Å². The molecule has 0 saturated carbocycles. The van der Waals surface area contributed by atoms with Crippen LogP contribution in [0, 0.1) is 19.8 Å². The number of hydrogen-bond acceptors (Lipinski definition) is 8. The number of aliphatic hydroxyl groups excluding tert-OH is 1. The Kier molecular flexibility index (Phi) is 12.6. The molecule has 46 heavy (non-hydrogen) atoms. The molecule has 2 heterocycles. The minimum atomic E-state index is -0.495. The zero-order valence-electron chi connectivity index (χ0n) is 27.9. The zero-order valence-corrected chi connectivity index (χ0v) is 27.9. The van der Waals surface area contributed by atoms with Crippen molar-refractivity contribution in [1.82, 2.24) is 15.0 Å². The highest BCUT2D eigenvalue weighted by molar-refractivity contribution is 6.03. The van der Waals surface area contributed by atoms with E-state index in [2.05, 4.69) is 46.8 Å². The van der Waals surface area contributed by atoms with Crippen molar-refractivity contribution < 1.29 is 28.7 Å². The fourth-order valence-corrected chi connectivity index (χ4v) is 5.67. The van der Waals surface area contributed by atoms with E-state index in [4.69, 9.17) is 14.0 Å². The van der Waals surface area contributed by atoms with Gasteiger partial charge in [0.05, 0.1) is 30.4 Å². The molecule has 11 heteroatoms. The minimum absolute atomic E-state index is 0.0375. The van der Waals surface area contributed by atoms with Gasteiger partial charge in [-0.1, -0.05) is 42.4 Å². The average Bonchev–Trinajstić information content (AvgIpc) is 3.34. The van der Waals surface area contributed by atoms with Crippen LogP contribution in [-0.2, 0) is 11.3 Å². The predicted octanol–water partition coefficient (Wildman–Crippen LogP) is 5.86. The number of aryl methyl sites for hydroxylation is 2. The Balaban J connectivity index is 1.60. The van der Waals surface area contributed by atoms with Crippen LogP contribution in [0.5, 0.6) is 5.75 Å². The van der Waals surface area contributed by atoms with E-state index in [0.29, 0.717) is 53.8 Å². The molecule has 0 aliphatic carbocycles. The molecule has 4 rings (SSSR count). The number of amides is 3. The molecule has 0 unspecified atom stereocenters. The third-order valence-corrected chi connectivity index (χ3v) is 8.37. The highest BCUT2D eigenvalue weighted by atomic mass is 16.5. The SMILES string of the molecule is Cc1noc(C)c1NC(=O)Nc1ccc2c(c1)C(=O)N([C@@H](C)CO)C[C@@H](C)[C@H](CN(C)Cc1ccccc1)OCCCC[C@@H](C)O2. The number of carbonyl (C=O) groups excluding carboxylic acids is 2. The Labute approximate surface area is 272 Å². The van der Waals surface area contributed by atoms with Crippen LogP contribution < -0.4 is 15.4 Å². The lowest BCUT2D eigenvalue weighted by molar-refractivity contribution is -0.0177. The number of aromatic nitrogens is 1. The number of ether oxygens (including phenoxy) is 2. The number of aliphatic hydroxyl groups is 1. The summed E-state index contributed by atoms with van der Waals surface area (Å²) in [6.45, 7) is 11.6. The third-order valence-electron chi connectivity index (χ3n) is 8.37. The molecule has 1 aliphatic heterocycles. The monoisotopic (exact) mass is 635 g/mol. The molecule has 2 aromatic carbocycles. The highest BCUT2D eigenvalue weighted by Crippen LogP contribution is 2.29. The fraction of sp³-hybridized carbons (Fsp3) is 0.514. The Hall–Kier alpha value is -3.93. The summed E-state index contributed by atoms with van der Waals surface area (Å²) in [5, 5.41) is 19.7. The standard InChI is InChI=1S/C35H49N5O6/c1-23-19-40(24(2)22-41)34(42)30-18-29(36-35(43)37-33-26(4)38-46-27(33)5)15-16-31(30)45-25(3)12-10-11-17-44-32(23)21-39(6)20-28-13-8-7-9-14-28/h7-9,13-16,18,23-25,32,41H,10-12,17,19-22H2,1-6H3,(H2,36,37,43)/t23-,24+,25-,32+/m1/s1. The molecule has 250 valence electrons. The summed E-state index contributed by atoms with van der Waals surface area (Å²) in [7, 11) is 2.08. The van der Waals surface area contributed by atoms with Crippen LogP contribution in [0.15, 0.2) is 53.1 Å². The van der Waals surface area contributed by atoms with Gasteiger partial charge >= 0.3 is 6.03 Å². The van der Waals surface area contributed by atoms with Crippen LogP contribution in [0.25, 0.3) is 0 Å². The summed E-state index contributed by atoms with van der Waals surface area (Å²) < 4.78 is 17.9. The van der Waals surface area contributed by atoms with Crippen molar-refractivity contribution in [1.29, 1.82) is 0 Å². The van der Waals surface area contributed by atoms with Crippen molar-refractivity contribution >= 4 is 23.3 Å². The van der Waals surface area contributed by atoms with Gasteiger partial charge in [0, 0.05) is 37.8 Å². The number of hydrogen-bond donors (Lipinski definition) is 3. The van der Waals surface area contributed by atoms with Gasteiger partial charge in [0.1, 0.15) is 17.1 Å². The van der Waals surface area contributed by atoms with Crippen molar-refractivity contribution in [2.75, 3.05) is 44.0 Å². The highest BCUT2D eigenvalue weighted by Gasteiger charge is 2.30. The number of anilines is 2. The second kappa shape index (κ2) is 16.6. The van der Waals surface area contributed by atoms with E-state index < -0.39 is 12.1 Å². The normalized spacial score (nSPS) is 20.4. The first-order chi connectivity index (χ1) is 22.0. The summed E-state index contributed by atoms with van der Waals surface area (Å²) in [5.41, 5.74) is 3.00. The first kappa shape index (κ1) is 34.9. The van der Waals surface area contributed by atoms with E-state index in [1.54, 1.807) is 36.9 Å². The molecule has 3 aromatic rings. The zero-order chi connectivity index (χ0) is 33.2. The first-order valence-electron chi connectivity index (χ1n) is 16.1. The largest absolute Gasteiger partial charge is 0.490 e. The van der Waals surface area contributed by atoms with E-state index in [1.807, 2.05) is 32.0 Å². The van der Waals surface area contributed by atoms with Crippen LogP contribution >= 0.6 is 0 Å². The lowest BCUT2D eigenvalue weighted by Gasteiger charge is -2.36. The Morgan fingerprint density at radius 1 is 1.13 bits per heavy atom. The van der Waals surface area contributed by atoms with Gasteiger partial charge in [-0.3, -0.25) is 9.69 Å². The lowest BCUT2D eigenvalue weighted by atomic mass is 10.0. The van der Waals surface area contributed by atoms with Crippen molar-refractivity contribution in [2.45, 2.75) is 78.7 Å². The van der Waals surface area contributed by atoms with E-state index in [-0.39, 0.29) is 30.6 Å². The number of rotatable bonds is 8. The van der Waals surface area contributed by atoms with Gasteiger partial charge in [-0.2, -0.15) is 0 Å². The van der Waals surface area contributed by atoms with E-state index in [1.165, 1.54) is 5.56 Å². The summed E-state index contributed by atoms with van der Waals surface area (Å²) in [4.78, 5) is 31.2. The lowest BCUT2D eigenvalue weighted by Crippen LogP contribution is -2.47. The van der Waals surface area contributed by atoms with Crippen LogP contribution in [0.4, 0.5) is 16.2 Å². The van der Waals surface area contributed by atoms with Gasteiger partial charge in [-0.25, -0.2) is 4.79 Å². The van der Waals surface area contributed by atoms with Gasteiger partial charge in [-0.05, 0) is 77.8 Å². The van der Waals surface area contributed by atoms with Gasteiger partial charge in [0.25, 0.3) is 5.91 Å². The number of carbonyl (C=O) groups is 2. The van der Waals surface area contributed by atoms with E-state index >= 15 is 0 Å². The van der Waals surface area contributed by atoms with Crippen LogP contribution in [0.1, 0.15) is 67.4 Å². The molecule has 1 aromatic heterocycles. The van der Waals surface area contributed by atoms with Crippen molar-refractivity contribution in [2.24, 2.45) is 5.92 Å². The number of fused-ring (bicyclic) bond motifs is 1. The second-order valence-corrected chi connectivity index (χ2v) is 12.5. The number of benzene rings is 2. The molecule has 4 atom stereocenters. The van der Waals surface area contributed by atoms with Crippen LogP contribution in [0.3, 0.4) is 0 Å². The molecular formula is C35H49N5O6. The molecule has 0 saturated heterocycles. The quantitative estimate of drug-likeness (QED) is 0.281. The summed E-state index contributed by atoms with van der Waals surface area (Å²) >= 11 is 0. The summed E-state index contributed by atoms with van der Waals surface area (Å²) in [6, 6.07) is 14.4. The Morgan fingerprint density at radius 3 is 2.59 bits per heavy atom. The smallest absolute Gasteiger partial charge is 0.323 e. The summed E-state index contributed by atoms with van der Waals surface area (Å²) in [5.74, 6) is 0.596. The summed E-state index contributed by atoms with van der Waals surface area (Å²) in [6.07, 6.45) is 2.33. The predicted molar refractivity (Wildman–Crippen MR) is 178 cm³/mol. The molecular weight excluding hydrogens is 586 g/mol. The molecule has 0 fully saturated rings.